The molecule has 1 atom stereocenters. The minimum Gasteiger partial charge on any atom is -0.326 e. The van der Waals surface area contributed by atoms with Gasteiger partial charge in [0, 0.05) is 25.7 Å². The minimum atomic E-state index is 0.325. The molecule has 2 heteroatoms. The highest BCUT2D eigenvalue weighted by Crippen LogP contribution is 2.14. The Balaban J connectivity index is 2.26. The molecule has 13 heavy (non-hydrogen) atoms. The lowest BCUT2D eigenvalue weighted by Crippen LogP contribution is -2.43. The summed E-state index contributed by atoms with van der Waals surface area (Å²) in [6.45, 7) is 11.7. The van der Waals surface area contributed by atoms with Crippen LogP contribution in [0.5, 0.6) is 0 Å². The second kappa shape index (κ2) is 4.77. The van der Waals surface area contributed by atoms with Gasteiger partial charge in [-0.25, -0.2) is 0 Å². The lowest BCUT2D eigenvalue weighted by atomic mass is 10.0. The van der Waals surface area contributed by atoms with Crippen LogP contribution in [0.25, 0.3) is 0 Å². The molecule has 1 heterocycles. The molecule has 0 aromatic carbocycles. The van der Waals surface area contributed by atoms with Gasteiger partial charge >= 0.3 is 0 Å². The summed E-state index contributed by atoms with van der Waals surface area (Å²) in [4.78, 5) is 2.46. The third kappa shape index (κ3) is 3.49. The molecule has 0 radical (unpaired) electrons. The predicted octanol–water partition coefficient (Wildman–Crippen LogP) is 1.62. The van der Waals surface area contributed by atoms with Gasteiger partial charge in [-0.3, -0.25) is 0 Å². The Morgan fingerprint density at radius 3 is 2.38 bits per heavy atom. The van der Waals surface area contributed by atoms with Crippen molar-refractivity contribution in [3.05, 3.63) is 12.2 Å². The van der Waals surface area contributed by atoms with E-state index in [1.54, 1.807) is 0 Å². The highest BCUT2D eigenvalue weighted by Gasteiger charge is 2.16. The van der Waals surface area contributed by atoms with Crippen LogP contribution in [0.15, 0.2) is 12.2 Å². The number of hydrogen-bond donors (Lipinski definition) is 1. The maximum atomic E-state index is 6.02. The molecule has 1 aliphatic heterocycles. The molecule has 1 rings (SSSR count). The fourth-order valence-electron chi connectivity index (χ4n) is 1.56. The van der Waals surface area contributed by atoms with Gasteiger partial charge in [0.2, 0.25) is 0 Å². The summed E-state index contributed by atoms with van der Waals surface area (Å²) >= 11 is 0. The summed E-state index contributed by atoms with van der Waals surface area (Å²) in [6, 6.07) is 0.325. The lowest BCUT2D eigenvalue weighted by Gasteiger charge is -2.31. The smallest absolute Gasteiger partial charge is 0.0191 e. The molecular formula is C11H22N2. The van der Waals surface area contributed by atoms with Crippen LogP contribution in [0.4, 0.5) is 0 Å². The Kier molecular flexibility index (Phi) is 3.94. The Bertz CT molecular complexity index is 165. The molecular weight excluding hydrogens is 160 g/mol. The fourth-order valence-corrected chi connectivity index (χ4v) is 1.56. The molecule has 0 spiro atoms. The second-order valence-electron chi connectivity index (χ2n) is 4.46. The molecule has 0 bridgehead atoms. The first kappa shape index (κ1) is 10.7. The van der Waals surface area contributed by atoms with E-state index < -0.39 is 0 Å². The molecule has 0 saturated carbocycles. The Morgan fingerprint density at radius 2 is 1.92 bits per heavy atom. The molecule has 1 aliphatic rings. The van der Waals surface area contributed by atoms with Crippen molar-refractivity contribution >= 4 is 0 Å². The zero-order valence-corrected chi connectivity index (χ0v) is 8.92. The van der Waals surface area contributed by atoms with Crippen molar-refractivity contribution in [2.45, 2.75) is 32.7 Å². The molecule has 2 nitrogen and oxygen atoms in total. The SMILES string of the molecule is C=C1CCN(C[C@@H](N)C(C)C)CC1. The van der Waals surface area contributed by atoms with Crippen molar-refractivity contribution < 1.29 is 0 Å². The van der Waals surface area contributed by atoms with Crippen molar-refractivity contribution in [3.8, 4) is 0 Å². The normalized spacial score (nSPS) is 22.3. The Hall–Kier alpha value is -0.340. The fraction of sp³-hybridized carbons (Fsp3) is 0.818. The van der Waals surface area contributed by atoms with E-state index in [1.165, 1.54) is 5.57 Å². The van der Waals surface area contributed by atoms with Crippen LogP contribution in [0.1, 0.15) is 26.7 Å². The number of likely N-dealkylation sites (tertiary alicyclic amines) is 1. The summed E-state index contributed by atoms with van der Waals surface area (Å²) < 4.78 is 0. The van der Waals surface area contributed by atoms with Crippen LogP contribution in [0.2, 0.25) is 0 Å². The van der Waals surface area contributed by atoms with Gasteiger partial charge in [-0.15, -0.1) is 0 Å². The topological polar surface area (TPSA) is 29.3 Å². The van der Waals surface area contributed by atoms with E-state index in [4.69, 9.17) is 5.73 Å². The third-order valence-electron chi connectivity index (χ3n) is 2.89. The van der Waals surface area contributed by atoms with E-state index in [-0.39, 0.29) is 0 Å². The largest absolute Gasteiger partial charge is 0.326 e. The van der Waals surface area contributed by atoms with Gasteiger partial charge in [-0.05, 0) is 18.8 Å². The zero-order chi connectivity index (χ0) is 9.84. The first-order valence-corrected chi connectivity index (χ1v) is 5.24. The van der Waals surface area contributed by atoms with Gasteiger partial charge in [0.1, 0.15) is 0 Å². The highest BCUT2D eigenvalue weighted by molar-refractivity contribution is 4.99. The summed E-state index contributed by atoms with van der Waals surface area (Å²) in [7, 11) is 0. The number of hydrogen-bond acceptors (Lipinski definition) is 2. The predicted molar refractivity (Wildman–Crippen MR) is 57.6 cm³/mol. The van der Waals surface area contributed by atoms with Crippen LogP contribution in [-0.2, 0) is 0 Å². The van der Waals surface area contributed by atoms with Gasteiger partial charge in [-0.1, -0.05) is 26.0 Å². The molecule has 1 saturated heterocycles. The molecule has 0 aromatic heterocycles. The van der Waals surface area contributed by atoms with Crippen LogP contribution in [0.3, 0.4) is 0 Å². The maximum Gasteiger partial charge on any atom is 0.0191 e. The van der Waals surface area contributed by atoms with Crippen molar-refractivity contribution in [2.75, 3.05) is 19.6 Å². The van der Waals surface area contributed by atoms with Crippen molar-refractivity contribution in [3.63, 3.8) is 0 Å². The van der Waals surface area contributed by atoms with Crippen LogP contribution in [0, 0.1) is 5.92 Å². The summed E-state index contributed by atoms with van der Waals surface area (Å²) in [6.07, 6.45) is 2.32. The third-order valence-corrected chi connectivity index (χ3v) is 2.89. The van der Waals surface area contributed by atoms with Crippen molar-refractivity contribution in [1.82, 2.24) is 4.90 Å². The van der Waals surface area contributed by atoms with Gasteiger partial charge in [0.25, 0.3) is 0 Å². The molecule has 0 amide bonds. The number of nitrogens with two attached hydrogens (primary N) is 1. The second-order valence-corrected chi connectivity index (χ2v) is 4.46. The average Bonchev–Trinajstić information content (AvgIpc) is 2.08. The summed E-state index contributed by atoms with van der Waals surface area (Å²) in [5.41, 5.74) is 7.42. The van der Waals surface area contributed by atoms with E-state index in [0.29, 0.717) is 12.0 Å². The first-order chi connectivity index (χ1) is 6.09. The summed E-state index contributed by atoms with van der Waals surface area (Å²) in [5, 5.41) is 0. The van der Waals surface area contributed by atoms with Crippen LogP contribution >= 0.6 is 0 Å². The van der Waals surface area contributed by atoms with Gasteiger partial charge in [0.15, 0.2) is 0 Å². The number of piperidine rings is 1. The van der Waals surface area contributed by atoms with E-state index in [1.807, 2.05) is 0 Å². The molecule has 2 N–H and O–H groups in total. The molecule has 0 aromatic rings. The van der Waals surface area contributed by atoms with Crippen LogP contribution in [-0.4, -0.2) is 30.6 Å². The number of rotatable bonds is 3. The van der Waals surface area contributed by atoms with E-state index in [0.717, 1.165) is 32.5 Å². The summed E-state index contributed by atoms with van der Waals surface area (Å²) in [5.74, 6) is 0.588. The first-order valence-electron chi connectivity index (χ1n) is 5.24. The standard InChI is InChI=1S/C11H22N2/c1-9(2)11(12)8-13-6-4-10(3)5-7-13/h9,11H,3-8,12H2,1-2H3/t11-/m1/s1. The Labute approximate surface area is 81.8 Å². The molecule has 76 valence electrons. The minimum absolute atomic E-state index is 0.325. The van der Waals surface area contributed by atoms with Crippen molar-refractivity contribution in [1.29, 1.82) is 0 Å². The van der Waals surface area contributed by atoms with E-state index >= 15 is 0 Å². The van der Waals surface area contributed by atoms with Gasteiger partial charge in [0.05, 0.1) is 0 Å². The van der Waals surface area contributed by atoms with Crippen LogP contribution < -0.4 is 5.73 Å². The Morgan fingerprint density at radius 1 is 1.38 bits per heavy atom. The van der Waals surface area contributed by atoms with Crippen molar-refractivity contribution in [2.24, 2.45) is 11.7 Å². The average molecular weight is 182 g/mol. The molecule has 1 fully saturated rings. The quantitative estimate of drug-likeness (QED) is 0.672. The monoisotopic (exact) mass is 182 g/mol. The molecule has 0 aliphatic carbocycles. The maximum absolute atomic E-state index is 6.02. The number of nitrogens with zero attached hydrogens (tertiary/aromatic N) is 1. The highest BCUT2D eigenvalue weighted by atomic mass is 15.1. The van der Waals surface area contributed by atoms with E-state index in [2.05, 4.69) is 25.3 Å². The van der Waals surface area contributed by atoms with E-state index in [9.17, 15) is 0 Å². The van der Waals surface area contributed by atoms with Gasteiger partial charge in [-0.2, -0.15) is 0 Å². The lowest BCUT2D eigenvalue weighted by molar-refractivity contribution is 0.224. The zero-order valence-electron chi connectivity index (χ0n) is 8.92. The molecule has 0 unspecified atom stereocenters. The van der Waals surface area contributed by atoms with Gasteiger partial charge < -0.3 is 10.6 Å².